The maximum Gasteiger partial charge on any atom is 0.240 e. The van der Waals surface area contributed by atoms with Gasteiger partial charge in [-0.2, -0.15) is 0 Å². The summed E-state index contributed by atoms with van der Waals surface area (Å²) < 4.78 is 0. The summed E-state index contributed by atoms with van der Waals surface area (Å²) >= 11 is 1.81. The SMILES string of the molecule is CCCC(NCc1cccc2[nH]ccc12)C(=O)N1CCc2sccc2C1. The molecule has 1 aromatic carbocycles. The van der Waals surface area contributed by atoms with Gasteiger partial charge in [-0.3, -0.25) is 4.79 Å². The minimum absolute atomic E-state index is 0.116. The van der Waals surface area contributed by atoms with E-state index in [9.17, 15) is 4.79 Å². The fraction of sp³-hybridized carbons (Fsp3) is 0.381. The zero-order chi connectivity index (χ0) is 17.9. The summed E-state index contributed by atoms with van der Waals surface area (Å²) in [5.74, 6) is 0.241. The molecule has 136 valence electrons. The Morgan fingerprint density at radius 3 is 3.15 bits per heavy atom. The molecule has 2 N–H and O–H groups in total. The van der Waals surface area contributed by atoms with Crippen molar-refractivity contribution in [3.05, 3.63) is 57.9 Å². The minimum atomic E-state index is -0.116. The average molecular weight is 368 g/mol. The molecule has 1 atom stereocenters. The Morgan fingerprint density at radius 2 is 2.27 bits per heavy atom. The summed E-state index contributed by atoms with van der Waals surface area (Å²) in [6.07, 6.45) is 4.82. The Morgan fingerprint density at radius 1 is 1.35 bits per heavy atom. The number of H-pyrrole nitrogens is 1. The van der Waals surface area contributed by atoms with Crippen LogP contribution >= 0.6 is 11.3 Å². The molecule has 0 radical (unpaired) electrons. The molecule has 5 heteroatoms. The van der Waals surface area contributed by atoms with Gasteiger partial charge in [0.25, 0.3) is 0 Å². The Balaban J connectivity index is 1.45. The summed E-state index contributed by atoms with van der Waals surface area (Å²) in [6.45, 7) is 4.44. The first-order valence-electron chi connectivity index (χ1n) is 9.38. The molecule has 4 nitrogen and oxygen atoms in total. The standard InChI is InChI=1S/C21H25N3OS/c1-2-4-19(21(25)24-11-8-20-16(14-24)9-12-26-20)23-13-15-5-3-6-18-17(15)7-10-22-18/h3,5-7,9-10,12,19,22-23H,2,4,8,11,13-14H2,1H3. The number of nitrogens with zero attached hydrogens (tertiary/aromatic N) is 1. The molecule has 0 spiro atoms. The number of carbonyl (C=O) groups excluding carboxylic acids is 1. The highest BCUT2D eigenvalue weighted by atomic mass is 32.1. The summed E-state index contributed by atoms with van der Waals surface area (Å²) in [5, 5.41) is 6.89. The molecule has 0 bridgehead atoms. The molecule has 1 aliphatic rings. The van der Waals surface area contributed by atoms with E-state index in [1.807, 2.05) is 22.4 Å². The Hall–Kier alpha value is -2.11. The normalized spacial score (nSPS) is 15.2. The van der Waals surface area contributed by atoms with Crippen molar-refractivity contribution < 1.29 is 4.79 Å². The zero-order valence-electron chi connectivity index (χ0n) is 15.1. The van der Waals surface area contributed by atoms with Gasteiger partial charge in [-0.05, 0) is 47.5 Å². The van der Waals surface area contributed by atoms with Gasteiger partial charge in [-0.15, -0.1) is 11.3 Å². The van der Waals surface area contributed by atoms with E-state index in [4.69, 9.17) is 0 Å². The van der Waals surface area contributed by atoms with E-state index in [1.54, 1.807) is 0 Å². The van der Waals surface area contributed by atoms with Gasteiger partial charge in [0.05, 0.1) is 6.04 Å². The molecule has 0 saturated carbocycles. The zero-order valence-corrected chi connectivity index (χ0v) is 15.9. The van der Waals surface area contributed by atoms with Crippen LogP contribution in [0.5, 0.6) is 0 Å². The van der Waals surface area contributed by atoms with E-state index >= 15 is 0 Å². The van der Waals surface area contributed by atoms with Crippen molar-refractivity contribution in [2.75, 3.05) is 6.54 Å². The molecule has 0 saturated heterocycles. The van der Waals surface area contributed by atoms with Crippen LogP contribution in [0.15, 0.2) is 41.9 Å². The lowest BCUT2D eigenvalue weighted by Crippen LogP contribution is -2.47. The molecule has 0 fully saturated rings. The van der Waals surface area contributed by atoms with Gasteiger partial charge < -0.3 is 15.2 Å². The van der Waals surface area contributed by atoms with Crippen molar-refractivity contribution in [3.63, 3.8) is 0 Å². The van der Waals surface area contributed by atoms with Gasteiger partial charge in [-0.1, -0.05) is 25.5 Å². The van der Waals surface area contributed by atoms with E-state index in [0.29, 0.717) is 6.54 Å². The van der Waals surface area contributed by atoms with Gasteiger partial charge in [0.1, 0.15) is 0 Å². The molecule has 4 rings (SSSR count). The van der Waals surface area contributed by atoms with Crippen molar-refractivity contribution >= 4 is 28.1 Å². The second-order valence-corrected chi connectivity index (χ2v) is 7.96. The predicted molar refractivity (Wildman–Crippen MR) is 107 cm³/mol. The lowest BCUT2D eigenvalue weighted by Gasteiger charge is -2.31. The fourth-order valence-electron chi connectivity index (χ4n) is 3.80. The maximum atomic E-state index is 13.1. The smallest absolute Gasteiger partial charge is 0.240 e. The van der Waals surface area contributed by atoms with Crippen LogP contribution in [0.2, 0.25) is 0 Å². The van der Waals surface area contributed by atoms with Gasteiger partial charge in [0.2, 0.25) is 5.91 Å². The van der Waals surface area contributed by atoms with E-state index in [2.05, 4.69) is 52.9 Å². The van der Waals surface area contributed by atoms with Crippen LogP contribution in [0.3, 0.4) is 0 Å². The lowest BCUT2D eigenvalue weighted by molar-refractivity contribution is -0.134. The minimum Gasteiger partial charge on any atom is -0.361 e. The molecule has 1 amide bonds. The summed E-state index contributed by atoms with van der Waals surface area (Å²) in [5.41, 5.74) is 3.70. The molecule has 1 aliphatic heterocycles. The number of benzene rings is 1. The third-order valence-electron chi connectivity index (χ3n) is 5.22. The van der Waals surface area contributed by atoms with Crippen LogP contribution in [0.1, 0.15) is 35.8 Å². The van der Waals surface area contributed by atoms with E-state index in [-0.39, 0.29) is 11.9 Å². The fourth-order valence-corrected chi connectivity index (χ4v) is 4.69. The van der Waals surface area contributed by atoms with Crippen molar-refractivity contribution in [2.45, 2.75) is 45.3 Å². The predicted octanol–water partition coefficient (Wildman–Crippen LogP) is 4.07. The summed E-state index contributed by atoms with van der Waals surface area (Å²) in [7, 11) is 0. The van der Waals surface area contributed by atoms with Crippen molar-refractivity contribution in [1.82, 2.24) is 15.2 Å². The number of nitrogens with one attached hydrogen (secondary N) is 2. The van der Waals surface area contributed by atoms with Crippen LogP contribution in [0.4, 0.5) is 0 Å². The quantitative estimate of drug-likeness (QED) is 0.690. The maximum absolute atomic E-state index is 13.1. The highest BCUT2D eigenvalue weighted by molar-refractivity contribution is 7.10. The number of aromatic amines is 1. The second kappa shape index (κ2) is 7.64. The third-order valence-corrected chi connectivity index (χ3v) is 6.24. The molecule has 3 heterocycles. The Kier molecular flexibility index (Phi) is 5.09. The number of hydrogen-bond acceptors (Lipinski definition) is 3. The van der Waals surface area contributed by atoms with Gasteiger partial charge in [-0.25, -0.2) is 0 Å². The second-order valence-electron chi connectivity index (χ2n) is 6.96. The van der Waals surface area contributed by atoms with Crippen LogP contribution in [0, 0.1) is 0 Å². The molecule has 0 aliphatic carbocycles. The third kappa shape index (κ3) is 3.41. The number of carbonyl (C=O) groups is 1. The average Bonchev–Trinajstić information content (AvgIpc) is 3.32. The van der Waals surface area contributed by atoms with Gasteiger partial charge in [0.15, 0.2) is 0 Å². The molecular weight excluding hydrogens is 342 g/mol. The number of fused-ring (bicyclic) bond motifs is 2. The van der Waals surface area contributed by atoms with Crippen LogP contribution in [-0.4, -0.2) is 28.4 Å². The number of aromatic nitrogens is 1. The van der Waals surface area contributed by atoms with Crippen LogP contribution < -0.4 is 5.32 Å². The largest absolute Gasteiger partial charge is 0.361 e. The van der Waals surface area contributed by atoms with Crippen molar-refractivity contribution in [2.24, 2.45) is 0 Å². The van der Waals surface area contributed by atoms with E-state index in [0.717, 1.165) is 37.9 Å². The van der Waals surface area contributed by atoms with Crippen LogP contribution in [0.25, 0.3) is 10.9 Å². The van der Waals surface area contributed by atoms with Crippen molar-refractivity contribution in [1.29, 1.82) is 0 Å². The molecule has 3 aromatic rings. The lowest BCUT2D eigenvalue weighted by atomic mass is 10.1. The van der Waals surface area contributed by atoms with Gasteiger partial charge >= 0.3 is 0 Å². The van der Waals surface area contributed by atoms with E-state index < -0.39 is 0 Å². The van der Waals surface area contributed by atoms with Crippen LogP contribution in [-0.2, 0) is 24.3 Å². The topological polar surface area (TPSA) is 48.1 Å². The number of thiophene rings is 1. The Bertz CT molecular complexity index is 897. The number of hydrogen-bond donors (Lipinski definition) is 2. The highest BCUT2D eigenvalue weighted by Gasteiger charge is 2.27. The van der Waals surface area contributed by atoms with Crippen molar-refractivity contribution in [3.8, 4) is 0 Å². The van der Waals surface area contributed by atoms with Gasteiger partial charge in [0, 0.05) is 41.6 Å². The highest BCUT2D eigenvalue weighted by Crippen LogP contribution is 2.25. The first kappa shape index (κ1) is 17.3. The molecule has 26 heavy (non-hydrogen) atoms. The number of rotatable bonds is 6. The molecular formula is C21H25N3OS. The molecule has 2 aromatic heterocycles. The first-order chi connectivity index (χ1) is 12.8. The Labute approximate surface area is 158 Å². The van der Waals surface area contributed by atoms with E-state index in [1.165, 1.54) is 21.4 Å². The summed E-state index contributed by atoms with van der Waals surface area (Å²) in [6, 6.07) is 10.4. The first-order valence-corrected chi connectivity index (χ1v) is 10.3. The summed E-state index contributed by atoms with van der Waals surface area (Å²) in [4.78, 5) is 19.8. The molecule has 1 unspecified atom stereocenters. The number of amides is 1. The monoisotopic (exact) mass is 367 g/mol.